The van der Waals surface area contributed by atoms with Gasteiger partial charge in [-0.25, -0.2) is 0 Å². The SMILES string of the molecule is CCC(O)(CC)[C@@]1(C)CC[C@H](C(=O)[O-])C(C)(C)O1. The molecule has 0 radical (unpaired) electrons. The van der Waals surface area contributed by atoms with Crippen molar-refractivity contribution in [2.75, 3.05) is 0 Å². The fraction of sp³-hybridized carbons (Fsp3) is 0.929. The summed E-state index contributed by atoms with van der Waals surface area (Å²) in [6.45, 7) is 9.26. The number of hydrogen-bond acceptors (Lipinski definition) is 4. The molecule has 106 valence electrons. The van der Waals surface area contributed by atoms with E-state index in [0.29, 0.717) is 25.7 Å². The largest absolute Gasteiger partial charge is 0.550 e. The van der Waals surface area contributed by atoms with Crippen LogP contribution in [0.5, 0.6) is 0 Å². The van der Waals surface area contributed by atoms with E-state index in [2.05, 4.69) is 0 Å². The number of hydrogen-bond donors (Lipinski definition) is 1. The van der Waals surface area contributed by atoms with Crippen molar-refractivity contribution in [3.8, 4) is 0 Å². The Morgan fingerprint density at radius 1 is 1.39 bits per heavy atom. The van der Waals surface area contributed by atoms with Gasteiger partial charge in [0.15, 0.2) is 0 Å². The maximum Gasteiger partial charge on any atom is 0.0947 e. The van der Waals surface area contributed by atoms with E-state index in [1.54, 1.807) is 13.8 Å². The van der Waals surface area contributed by atoms with Crippen molar-refractivity contribution in [2.45, 2.75) is 77.1 Å². The first-order chi connectivity index (χ1) is 8.12. The molecule has 1 rings (SSSR count). The molecule has 2 atom stereocenters. The molecule has 0 aromatic carbocycles. The molecule has 0 bridgehead atoms. The average molecular weight is 257 g/mol. The van der Waals surface area contributed by atoms with Gasteiger partial charge in [-0.05, 0) is 46.5 Å². The van der Waals surface area contributed by atoms with E-state index >= 15 is 0 Å². The maximum absolute atomic E-state index is 11.1. The van der Waals surface area contributed by atoms with Gasteiger partial charge in [0, 0.05) is 11.9 Å². The summed E-state index contributed by atoms with van der Waals surface area (Å²) in [5.74, 6) is -1.69. The minimum absolute atomic E-state index is 0.480. The highest BCUT2D eigenvalue weighted by Gasteiger charge is 2.53. The van der Waals surface area contributed by atoms with Crippen molar-refractivity contribution in [2.24, 2.45) is 5.92 Å². The van der Waals surface area contributed by atoms with E-state index in [1.807, 2.05) is 20.8 Å². The predicted molar refractivity (Wildman–Crippen MR) is 66.8 cm³/mol. The number of rotatable bonds is 4. The van der Waals surface area contributed by atoms with Crippen LogP contribution < -0.4 is 5.11 Å². The minimum atomic E-state index is -1.07. The zero-order chi connectivity index (χ0) is 14.2. The third-order valence-corrected chi connectivity index (χ3v) is 4.68. The van der Waals surface area contributed by atoms with Gasteiger partial charge in [0.1, 0.15) is 0 Å². The second kappa shape index (κ2) is 4.82. The van der Waals surface area contributed by atoms with Gasteiger partial charge < -0.3 is 19.7 Å². The number of carbonyl (C=O) groups is 1. The van der Waals surface area contributed by atoms with Crippen LogP contribution in [0.25, 0.3) is 0 Å². The minimum Gasteiger partial charge on any atom is -0.550 e. The summed E-state index contributed by atoms with van der Waals surface area (Å²) in [5.41, 5.74) is -2.43. The van der Waals surface area contributed by atoms with Crippen molar-refractivity contribution in [1.29, 1.82) is 0 Å². The highest BCUT2D eigenvalue weighted by Crippen LogP contribution is 2.46. The molecular formula is C14H25O4-. The third-order valence-electron chi connectivity index (χ3n) is 4.68. The Labute approximate surface area is 109 Å². The van der Waals surface area contributed by atoms with Crippen molar-refractivity contribution >= 4 is 5.97 Å². The quantitative estimate of drug-likeness (QED) is 0.823. The number of aliphatic hydroxyl groups is 1. The van der Waals surface area contributed by atoms with Crippen LogP contribution in [-0.4, -0.2) is 27.9 Å². The zero-order valence-electron chi connectivity index (χ0n) is 12.1. The van der Waals surface area contributed by atoms with Gasteiger partial charge in [-0.1, -0.05) is 13.8 Å². The lowest BCUT2D eigenvalue weighted by Crippen LogP contribution is -2.63. The van der Waals surface area contributed by atoms with Crippen LogP contribution in [-0.2, 0) is 9.53 Å². The van der Waals surface area contributed by atoms with E-state index in [4.69, 9.17) is 4.74 Å². The first-order valence-electron chi connectivity index (χ1n) is 6.75. The number of ether oxygens (including phenoxy) is 1. The highest BCUT2D eigenvalue weighted by molar-refractivity contribution is 5.69. The summed E-state index contributed by atoms with van der Waals surface area (Å²) in [5, 5.41) is 21.8. The molecule has 1 saturated heterocycles. The molecule has 4 heteroatoms. The molecule has 0 amide bonds. The number of carboxylic acid groups (broad SMARTS) is 1. The van der Waals surface area contributed by atoms with E-state index in [9.17, 15) is 15.0 Å². The van der Waals surface area contributed by atoms with Crippen LogP contribution >= 0.6 is 0 Å². The summed E-state index contributed by atoms with van der Waals surface area (Å²) >= 11 is 0. The van der Waals surface area contributed by atoms with Crippen LogP contribution in [0.1, 0.15) is 60.3 Å². The molecule has 0 aromatic rings. The van der Waals surface area contributed by atoms with Gasteiger partial charge in [-0.2, -0.15) is 0 Å². The number of carbonyl (C=O) groups excluding carboxylic acids is 1. The zero-order valence-corrected chi connectivity index (χ0v) is 12.1. The number of aliphatic carboxylic acids is 1. The van der Waals surface area contributed by atoms with Crippen LogP contribution in [0.2, 0.25) is 0 Å². The third kappa shape index (κ3) is 2.41. The summed E-state index contributed by atoms with van der Waals surface area (Å²) in [6, 6.07) is 0. The predicted octanol–water partition coefficient (Wildman–Crippen LogP) is 1.25. The standard InChI is InChI=1S/C14H26O4/c1-6-14(17,7-2)13(5)9-8-10(11(15)16)12(3,4)18-13/h10,17H,6-9H2,1-5H3,(H,15,16)/p-1/t10-,13-/m1/s1. The molecular weight excluding hydrogens is 232 g/mol. The number of carboxylic acids is 1. The smallest absolute Gasteiger partial charge is 0.0947 e. The molecule has 1 heterocycles. The van der Waals surface area contributed by atoms with E-state index in [1.165, 1.54) is 0 Å². The molecule has 0 aromatic heterocycles. The highest BCUT2D eigenvalue weighted by atomic mass is 16.5. The average Bonchev–Trinajstić information content (AvgIpc) is 2.25. The lowest BCUT2D eigenvalue weighted by Gasteiger charge is -2.54. The summed E-state index contributed by atoms with van der Waals surface area (Å²) < 4.78 is 6.01. The summed E-state index contributed by atoms with van der Waals surface area (Å²) in [6.07, 6.45) is 2.19. The van der Waals surface area contributed by atoms with Gasteiger partial charge in [0.25, 0.3) is 0 Å². The Morgan fingerprint density at radius 2 is 1.89 bits per heavy atom. The van der Waals surface area contributed by atoms with Crippen LogP contribution in [0.4, 0.5) is 0 Å². The Kier molecular flexibility index (Phi) is 4.13. The normalized spacial score (nSPS) is 32.2. The van der Waals surface area contributed by atoms with Gasteiger partial charge in [0.05, 0.1) is 16.8 Å². The molecule has 0 spiro atoms. The van der Waals surface area contributed by atoms with E-state index in [0.717, 1.165) is 0 Å². The molecule has 1 N–H and O–H groups in total. The molecule has 0 aliphatic carbocycles. The summed E-state index contributed by atoms with van der Waals surface area (Å²) in [4.78, 5) is 11.1. The van der Waals surface area contributed by atoms with Crippen molar-refractivity contribution in [3.63, 3.8) is 0 Å². The maximum atomic E-state index is 11.1. The monoisotopic (exact) mass is 257 g/mol. The van der Waals surface area contributed by atoms with Crippen molar-refractivity contribution in [1.82, 2.24) is 0 Å². The van der Waals surface area contributed by atoms with Crippen LogP contribution in [0, 0.1) is 5.92 Å². The van der Waals surface area contributed by atoms with E-state index < -0.39 is 28.7 Å². The molecule has 0 saturated carbocycles. The Bertz CT molecular complexity index is 320. The first-order valence-corrected chi connectivity index (χ1v) is 6.75. The van der Waals surface area contributed by atoms with Gasteiger partial charge in [-0.15, -0.1) is 0 Å². The Hall–Kier alpha value is -0.610. The van der Waals surface area contributed by atoms with Crippen molar-refractivity contribution < 1.29 is 19.7 Å². The lowest BCUT2D eigenvalue weighted by atomic mass is 9.70. The van der Waals surface area contributed by atoms with Gasteiger partial charge >= 0.3 is 0 Å². The van der Waals surface area contributed by atoms with Crippen LogP contribution in [0.3, 0.4) is 0 Å². The lowest BCUT2D eigenvalue weighted by molar-refractivity contribution is -0.331. The molecule has 1 aliphatic heterocycles. The molecule has 1 aliphatic rings. The first kappa shape index (κ1) is 15.4. The second-order valence-electron chi connectivity index (χ2n) is 6.09. The van der Waals surface area contributed by atoms with Gasteiger partial charge in [0.2, 0.25) is 0 Å². The van der Waals surface area contributed by atoms with Crippen LogP contribution in [0.15, 0.2) is 0 Å². The molecule has 1 fully saturated rings. The molecule has 4 nitrogen and oxygen atoms in total. The van der Waals surface area contributed by atoms with Crippen molar-refractivity contribution in [3.05, 3.63) is 0 Å². The topological polar surface area (TPSA) is 69.6 Å². The molecule has 18 heavy (non-hydrogen) atoms. The van der Waals surface area contributed by atoms with E-state index in [-0.39, 0.29) is 0 Å². The fourth-order valence-corrected chi connectivity index (χ4v) is 3.20. The fourth-order valence-electron chi connectivity index (χ4n) is 3.20. The summed E-state index contributed by atoms with van der Waals surface area (Å²) in [7, 11) is 0. The Balaban J connectivity index is 3.01. The molecule has 0 unspecified atom stereocenters. The second-order valence-corrected chi connectivity index (χ2v) is 6.09. The Morgan fingerprint density at radius 3 is 2.22 bits per heavy atom. The van der Waals surface area contributed by atoms with Gasteiger partial charge in [-0.3, -0.25) is 0 Å².